The molecule has 72 valence electrons. The highest BCUT2D eigenvalue weighted by Gasteiger charge is 2.00. The van der Waals surface area contributed by atoms with Crippen molar-refractivity contribution in [3.8, 4) is 0 Å². The van der Waals surface area contributed by atoms with Crippen LogP contribution in [-0.2, 0) is 6.54 Å². The molecule has 1 N–H and O–H groups in total. The molecule has 14 heavy (non-hydrogen) atoms. The molecule has 3 nitrogen and oxygen atoms in total. The first-order chi connectivity index (χ1) is 6.86. The van der Waals surface area contributed by atoms with Crippen LogP contribution in [0.4, 0.5) is 5.82 Å². The summed E-state index contributed by atoms with van der Waals surface area (Å²) in [6.07, 6.45) is 3.44. The van der Waals surface area contributed by atoms with E-state index in [1.54, 1.807) is 12.5 Å². The largest absolute Gasteiger partial charge is 0.467 e. The lowest BCUT2D eigenvalue weighted by Crippen LogP contribution is -2.01. The van der Waals surface area contributed by atoms with Crippen LogP contribution in [-0.4, -0.2) is 4.98 Å². The number of nitrogens with zero attached hydrogens (tertiary/aromatic N) is 1. The van der Waals surface area contributed by atoms with E-state index in [1.165, 1.54) is 0 Å². The maximum absolute atomic E-state index is 5.20. The predicted octanol–water partition coefficient (Wildman–Crippen LogP) is 2.89. The quantitative estimate of drug-likeness (QED) is 0.886. The van der Waals surface area contributed by atoms with Crippen molar-refractivity contribution in [2.45, 2.75) is 6.54 Å². The minimum absolute atomic E-state index is 0.667. The van der Waals surface area contributed by atoms with Gasteiger partial charge >= 0.3 is 0 Å². The number of nitrogens with one attached hydrogen (secondary N) is 1. The van der Waals surface area contributed by atoms with Crippen LogP contribution in [0.1, 0.15) is 5.76 Å². The number of hydrogen-bond donors (Lipinski definition) is 1. The standard InChI is InChI=1S/C10H9IN2O/c11-9-4-1-5-12-10(9)13-7-8-3-2-6-14-8/h1-6H,7H2,(H,12,13). The molecule has 2 aromatic rings. The van der Waals surface area contributed by atoms with Crippen molar-refractivity contribution >= 4 is 28.4 Å². The number of furan rings is 1. The number of aromatic nitrogens is 1. The second kappa shape index (κ2) is 4.45. The van der Waals surface area contributed by atoms with Gasteiger partial charge in [-0.15, -0.1) is 0 Å². The van der Waals surface area contributed by atoms with Gasteiger partial charge in [-0.05, 0) is 46.9 Å². The van der Waals surface area contributed by atoms with E-state index in [-0.39, 0.29) is 0 Å². The fraction of sp³-hybridized carbons (Fsp3) is 0.100. The van der Waals surface area contributed by atoms with Crippen molar-refractivity contribution < 1.29 is 4.42 Å². The molecule has 4 heteroatoms. The lowest BCUT2D eigenvalue weighted by molar-refractivity contribution is 0.518. The minimum atomic E-state index is 0.667. The van der Waals surface area contributed by atoms with Gasteiger partial charge in [-0.1, -0.05) is 0 Å². The average molecular weight is 300 g/mol. The van der Waals surface area contributed by atoms with Crippen molar-refractivity contribution in [3.05, 3.63) is 46.1 Å². The summed E-state index contributed by atoms with van der Waals surface area (Å²) in [7, 11) is 0. The van der Waals surface area contributed by atoms with Gasteiger partial charge in [-0.2, -0.15) is 0 Å². The first-order valence-electron chi connectivity index (χ1n) is 4.23. The van der Waals surface area contributed by atoms with Crippen LogP contribution in [0.5, 0.6) is 0 Å². The topological polar surface area (TPSA) is 38.1 Å². The molecule has 2 rings (SSSR count). The summed E-state index contributed by atoms with van der Waals surface area (Å²) >= 11 is 2.25. The maximum Gasteiger partial charge on any atom is 0.139 e. The highest BCUT2D eigenvalue weighted by atomic mass is 127. The van der Waals surface area contributed by atoms with Crippen molar-refractivity contribution in [1.29, 1.82) is 0 Å². The van der Waals surface area contributed by atoms with Crippen molar-refractivity contribution in [1.82, 2.24) is 4.98 Å². The number of hydrogen-bond acceptors (Lipinski definition) is 3. The third-order valence-corrected chi connectivity index (χ3v) is 2.64. The molecular weight excluding hydrogens is 291 g/mol. The molecule has 0 aromatic carbocycles. The summed E-state index contributed by atoms with van der Waals surface area (Å²) < 4.78 is 6.31. The molecule has 0 spiro atoms. The van der Waals surface area contributed by atoms with E-state index in [0.717, 1.165) is 15.1 Å². The van der Waals surface area contributed by atoms with Crippen molar-refractivity contribution in [2.24, 2.45) is 0 Å². The Kier molecular flexibility index (Phi) is 3.03. The summed E-state index contributed by atoms with van der Waals surface area (Å²) in [6.45, 7) is 0.667. The Bertz CT molecular complexity index is 400. The molecule has 0 radical (unpaired) electrons. The zero-order valence-corrected chi connectivity index (χ0v) is 9.56. The van der Waals surface area contributed by atoms with Crippen molar-refractivity contribution in [3.63, 3.8) is 0 Å². The van der Waals surface area contributed by atoms with Crippen LogP contribution >= 0.6 is 22.6 Å². The van der Waals surface area contributed by atoms with Gasteiger partial charge in [-0.3, -0.25) is 0 Å². The lowest BCUT2D eigenvalue weighted by atomic mass is 10.4. The van der Waals surface area contributed by atoms with Gasteiger partial charge in [0.25, 0.3) is 0 Å². The Morgan fingerprint density at radius 1 is 1.36 bits per heavy atom. The van der Waals surface area contributed by atoms with E-state index >= 15 is 0 Å². The summed E-state index contributed by atoms with van der Waals surface area (Å²) in [6, 6.07) is 7.74. The molecule has 0 aliphatic carbocycles. The van der Waals surface area contributed by atoms with E-state index in [0.29, 0.717) is 6.54 Å². The predicted molar refractivity (Wildman–Crippen MR) is 63.0 cm³/mol. The van der Waals surface area contributed by atoms with Crippen LogP contribution in [0.15, 0.2) is 41.1 Å². The van der Waals surface area contributed by atoms with E-state index in [9.17, 15) is 0 Å². The molecule has 0 aliphatic rings. The third-order valence-electron chi connectivity index (χ3n) is 1.77. The van der Waals surface area contributed by atoms with Gasteiger partial charge in [0.15, 0.2) is 0 Å². The average Bonchev–Trinajstić information content (AvgIpc) is 2.69. The normalized spacial score (nSPS) is 10.1. The Morgan fingerprint density at radius 2 is 2.29 bits per heavy atom. The van der Waals surface area contributed by atoms with E-state index in [1.807, 2.05) is 24.3 Å². The van der Waals surface area contributed by atoms with Gasteiger partial charge in [0.1, 0.15) is 11.6 Å². The molecule has 0 saturated carbocycles. The highest BCUT2D eigenvalue weighted by Crippen LogP contribution is 2.14. The van der Waals surface area contributed by atoms with Gasteiger partial charge in [0.2, 0.25) is 0 Å². The molecule has 0 atom stereocenters. The third kappa shape index (κ3) is 2.25. The first-order valence-corrected chi connectivity index (χ1v) is 5.31. The van der Waals surface area contributed by atoms with Crippen LogP contribution in [0, 0.1) is 3.57 Å². The van der Waals surface area contributed by atoms with Crippen molar-refractivity contribution in [2.75, 3.05) is 5.32 Å². The van der Waals surface area contributed by atoms with Crippen LogP contribution in [0.3, 0.4) is 0 Å². The number of pyridine rings is 1. The van der Waals surface area contributed by atoms with Crippen LogP contribution < -0.4 is 5.32 Å². The Labute approximate surface area is 95.7 Å². The van der Waals surface area contributed by atoms with Crippen LogP contribution in [0.25, 0.3) is 0 Å². The molecule has 2 aromatic heterocycles. The summed E-state index contributed by atoms with van der Waals surface area (Å²) in [5.41, 5.74) is 0. The van der Waals surface area contributed by atoms with E-state index in [2.05, 4.69) is 32.9 Å². The fourth-order valence-corrected chi connectivity index (χ4v) is 1.64. The molecule has 2 heterocycles. The SMILES string of the molecule is Ic1cccnc1NCc1ccco1. The van der Waals surface area contributed by atoms with E-state index < -0.39 is 0 Å². The van der Waals surface area contributed by atoms with E-state index in [4.69, 9.17) is 4.42 Å². The molecular formula is C10H9IN2O. The smallest absolute Gasteiger partial charge is 0.139 e. The molecule has 0 bridgehead atoms. The zero-order valence-electron chi connectivity index (χ0n) is 7.40. The first kappa shape index (κ1) is 9.51. The Morgan fingerprint density at radius 3 is 3.00 bits per heavy atom. The summed E-state index contributed by atoms with van der Waals surface area (Å²) in [4.78, 5) is 4.22. The molecule has 0 unspecified atom stereocenters. The second-order valence-corrected chi connectivity index (χ2v) is 3.93. The number of anilines is 1. The lowest BCUT2D eigenvalue weighted by Gasteiger charge is -2.04. The van der Waals surface area contributed by atoms with Gasteiger partial charge < -0.3 is 9.73 Å². The molecule has 0 saturated heterocycles. The second-order valence-electron chi connectivity index (χ2n) is 2.77. The molecule has 0 fully saturated rings. The monoisotopic (exact) mass is 300 g/mol. The Balaban J connectivity index is 2.02. The Hall–Kier alpha value is -1.04. The van der Waals surface area contributed by atoms with Gasteiger partial charge in [0, 0.05) is 6.20 Å². The van der Waals surface area contributed by atoms with Gasteiger partial charge in [-0.25, -0.2) is 4.98 Å². The fourth-order valence-electron chi connectivity index (χ4n) is 1.10. The number of halogens is 1. The maximum atomic E-state index is 5.20. The summed E-state index contributed by atoms with van der Waals surface area (Å²) in [5, 5.41) is 3.20. The number of rotatable bonds is 3. The van der Waals surface area contributed by atoms with Crippen LogP contribution in [0.2, 0.25) is 0 Å². The highest BCUT2D eigenvalue weighted by molar-refractivity contribution is 14.1. The molecule has 0 aliphatic heterocycles. The summed E-state index contributed by atoms with van der Waals surface area (Å²) in [5.74, 6) is 1.80. The van der Waals surface area contributed by atoms with Gasteiger partial charge in [0.05, 0.1) is 16.4 Å². The molecule has 0 amide bonds. The minimum Gasteiger partial charge on any atom is -0.467 e. The zero-order chi connectivity index (χ0) is 9.80.